The lowest BCUT2D eigenvalue weighted by Crippen LogP contribution is -2.45. The average molecular weight is 429 g/mol. The molecule has 1 N–H and O–H groups in total. The van der Waals surface area contributed by atoms with E-state index < -0.39 is 22.0 Å². The Morgan fingerprint density at radius 1 is 1.22 bits per heavy atom. The lowest BCUT2D eigenvalue weighted by molar-refractivity contribution is -0.116. The third-order valence-corrected chi connectivity index (χ3v) is 7.19. The van der Waals surface area contributed by atoms with Gasteiger partial charge in [-0.05, 0) is 31.9 Å². The number of nitrogens with zero attached hydrogens (tertiary/aromatic N) is 3. The van der Waals surface area contributed by atoms with E-state index in [1.54, 1.807) is 43.0 Å². The van der Waals surface area contributed by atoms with Crippen LogP contribution < -0.4 is 9.62 Å². The Hall–Kier alpha value is -1.65. The lowest BCUT2D eigenvalue weighted by atomic mass is 10.2. The lowest BCUT2D eigenvalue weighted by Gasteiger charge is -2.27. The van der Waals surface area contributed by atoms with Gasteiger partial charge in [0.15, 0.2) is 4.34 Å². The number of amides is 1. The van der Waals surface area contributed by atoms with Gasteiger partial charge in [-0.15, -0.1) is 10.2 Å². The molecule has 1 atom stereocenters. The first-order valence-corrected chi connectivity index (χ1v) is 12.1. The number of carbonyl (C=O) groups is 1. The fourth-order valence-electron chi connectivity index (χ4n) is 2.27. The summed E-state index contributed by atoms with van der Waals surface area (Å²) in [4.78, 5) is 12.6. The molecule has 1 aromatic heterocycles. The van der Waals surface area contributed by atoms with E-state index in [9.17, 15) is 13.2 Å². The highest BCUT2D eigenvalue weighted by Gasteiger charge is 2.29. The third-order valence-electron chi connectivity index (χ3n) is 3.55. The molecular formula is C17H24N4O3S3. The van der Waals surface area contributed by atoms with Crippen molar-refractivity contribution in [3.8, 4) is 0 Å². The molecule has 27 heavy (non-hydrogen) atoms. The Morgan fingerprint density at radius 2 is 1.85 bits per heavy atom. The van der Waals surface area contributed by atoms with Gasteiger partial charge in [-0.25, -0.2) is 8.42 Å². The van der Waals surface area contributed by atoms with E-state index in [0.717, 1.165) is 26.2 Å². The van der Waals surface area contributed by atoms with Gasteiger partial charge in [0.05, 0.1) is 11.9 Å². The summed E-state index contributed by atoms with van der Waals surface area (Å²) in [5.41, 5.74) is 1.45. The molecule has 0 bridgehead atoms. The monoisotopic (exact) mass is 428 g/mol. The molecular weight excluding hydrogens is 404 g/mol. The zero-order chi connectivity index (χ0) is 20.2. The predicted octanol–water partition coefficient (Wildman–Crippen LogP) is 3.39. The first kappa shape index (κ1) is 21.6. The molecule has 1 amide bonds. The van der Waals surface area contributed by atoms with Crippen LogP contribution in [0.1, 0.15) is 26.3 Å². The van der Waals surface area contributed by atoms with Crippen molar-refractivity contribution >= 4 is 49.8 Å². The summed E-state index contributed by atoms with van der Waals surface area (Å²) in [5.74, 6) is 0.973. The van der Waals surface area contributed by atoms with Crippen LogP contribution in [0, 0.1) is 12.8 Å². The summed E-state index contributed by atoms with van der Waals surface area (Å²) in [6.45, 7) is 7.69. The van der Waals surface area contributed by atoms with Gasteiger partial charge in [-0.2, -0.15) is 0 Å². The molecule has 0 spiro atoms. The van der Waals surface area contributed by atoms with Crippen molar-refractivity contribution in [1.29, 1.82) is 0 Å². The van der Waals surface area contributed by atoms with Gasteiger partial charge >= 0.3 is 0 Å². The van der Waals surface area contributed by atoms with Crippen LogP contribution in [0.25, 0.3) is 0 Å². The Labute approximate surface area is 168 Å². The van der Waals surface area contributed by atoms with Crippen LogP contribution >= 0.6 is 23.1 Å². The number of carbonyl (C=O) groups excluding carboxylic acids is 1. The second kappa shape index (κ2) is 9.03. The van der Waals surface area contributed by atoms with E-state index in [0.29, 0.717) is 16.7 Å². The molecule has 0 saturated carbocycles. The highest BCUT2D eigenvalue weighted by atomic mass is 32.2. The maximum atomic E-state index is 12.6. The van der Waals surface area contributed by atoms with Crippen molar-refractivity contribution in [2.24, 2.45) is 5.92 Å². The summed E-state index contributed by atoms with van der Waals surface area (Å²) < 4.78 is 26.4. The van der Waals surface area contributed by atoms with Gasteiger partial charge in [0, 0.05) is 5.75 Å². The summed E-state index contributed by atoms with van der Waals surface area (Å²) in [6, 6.07) is 6.05. The van der Waals surface area contributed by atoms with Crippen molar-refractivity contribution in [2.75, 3.05) is 21.6 Å². The molecule has 2 rings (SSSR count). The largest absolute Gasteiger partial charge is 0.299 e. The number of nitrogens with one attached hydrogen (secondary N) is 1. The average Bonchev–Trinajstić information content (AvgIpc) is 3.01. The topological polar surface area (TPSA) is 92.3 Å². The molecule has 148 valence electrons. The number of thioether (sulfide) groups is 1. The van der Waals surface area contributed by atoms with E-state index in [2.05, 4.69) is 29.4 Å². The molecule has 7 nitrogen and oxygen atoms in total. The van der Waals surface area contributed by atoms with E-state index in [1.165, 1.54) is 11.3 Å². The van der Waals surface area contributed by atoms with E-state index in [4.69, 9.17) is 0 Å². The SMILES string of the molecule is Cc1ccc(N(C(C)C(=O)Nc2nnc(SCC(C)C)s2)S(C)(=O)=O)cc1. The fraction of sp³-hybridized carbons (Fsp3) is 0.471. The fourth-order valence-corrected chi connectivity index (χ4v) is 5.17. The van der Waals surface area contributed by atoms with Crippen LogP contribution in [0.4, 0.5) is 10.8 Å². The van der Waals surface area contributed by atoms with Crippen LogP contribution in [-0.2, 0) is 14.8 Å². The minimum atomic E-state index is -3.64. The molecule has 10 heteroatoms. The summed E-state index contributed by atoms with van der Waals surface area (Å²) >= 11 is 2.86. The van der Waals surface area contributed by atoms with Gasteiger partial charge in [-0.3, -0.25) is 14.4 Å². The standard InChI is InChI=1S/C17H24N4O3S3/c1-11(2)10-25-17-20-19-16(26-17)18-15(22)13(4)21(27(5,23)24)14-8-6-12(3)7-9-14/h6-9,11,13H,10H2,1-5H3,(H,18,19,22). The maximum Gasteiger partial charge on any atom is 0.249 e. The van der Waals surface area contributed by atoms with Crippen LogP contribution in [-0.4, -0.2) is 42.6 Å². The molecule has 1 heterocycles. The number of benzene rings is 1. The van der Waals surface area contributed by atoms with E-state index in [1.807, 2.05) is 6.92 Å². The Kier molecular flexibility index (Phi) is 7.24. The van der Waals surface area contributed by atoms with Crippen molar-refractivity contribution in [3.63, 3.8) is 0 Å². The number of rotatable bonds is 8. The van der Waals surface area contributed by atoms with E-state index >= 15 is 0 Å². The second-order valence-electron chi connectivity index (χ2n) is 6.64. The molecule has 2 aromatic rings. The Bertz CT molecular complexity index is 879. The number of anilines is 2. The van der Waals surface area contributed by atoms with Gasteiger partial charge in [-0.1, -0.05) is 54.6 Å². The van der Waals surface area contributed by atoms with Gasteiger partial charge in [0.2, 0.25) is 21.1 Å². The van der Waals surface area contributed by atoms with Crippen molar-refractivity contribution < 1.29 is 13.2 Å². The highest BCUT2D eigenvalue weighted by Crippen LogP contribution is 2.28. The summed E-state index contributed by atoms with van der Waals surface area (Å²) in [7, 11) is -3.64. The number of hydrogen-bond acceptors (Lipinski definition) is 7. The normalized spacial score (nSPS) is 12.8. The molecule has 0 radical (unpaired) electrons. The van der Waals surface area contributed by atoms with E-state index in [-0.39, 0.29) is 0 Å². The van der Waals surface area contributed by atoms with Gasteiger partial charge in [0.1, 0.15) is 6.04 Å². The number of sulfonamides is 1. The number of hydrogen-bond donors (Lipinski definition) is 1. The van der Waals surface area contributed by atoms with Crippen LogP contribution in [0.5, 0.6) is 0 Å². The van der Waals surface area contributed by atoms with Crippen molar-refractivity contribution in [2.45, 2.75) is 38.1 Å². The second-order valence-corrected chi connectivity index (χ2v) is 10.7. The van der Waals surface area contributed by atoms with Crippen LogP contribution in [0.3, 0.4) is 0 Å². The van der Waals surface area contributed by atoms with Gasteiger partial charge in [0.25, 0.3) is 0 Å². The zero-order valence-corrected chi connectivity index (χ0v) is 18.4. The van der Waals surface area contributed by atoms with Crippen molar-refractivity contribution in [3.05, 3.63) is 29.8 Å². The minimum Gasteiger partial charge on any atom is -0.299 e. The van der Waals surface area contributed by atoms with Gasteiger partial charge < -0.3 is 0 Å². The molecule has 0 aliphatic heterocycles. The minimum absolute atomic E-state index is 0.357. The van der Waals surface area contributed by atoms with Crippen molar-refractivity contribution in [1.82, 2.24) is 10.2 Å². The molecule has 0 aliphatic carbocycles. The number of aryl methyl sites for hydroxylation is 1. The quantitative estimate of drug-likeness (QED) is 0.512. The first-order valence-electron chi connectivity index (χ1n) is 8.41. The molecule has 0 saturated heterocycles. The molecule has 0 aliphatic rings. The third kappa shape index (κ3) is 6.18. The summed E-state index contributed by atoms with van der Waals surface area (Å²) in [5, 5.41) is 11.0. The van der Waals surface area contributed by atoms with Crippen LogP contribution in [0.15, 0.2) is 28.6 Å². The zero-order valence-electron chi connectivity index (χ0n) is 16.0. The van der Waals surface area contributed by atoms with Crippen LogP contribution in [0.2, 0.25) is 0 Å². The number of aromatic nitrogens is 2. The maximum absolute atomic E-state index is 12.6. The first-order chi connectivity index (χ1) is 12.6. The Balaban J connectivity index is 2.14. The molecule has 0 fully saturated rings. The highest BCUT2D eigenvalue weighted by molar-refractivity contribution is 8.01. The smallest absolute Gasteiger partial charge is 0.249 e. The predicted molar refractivity (Wildman–Crippen MR) is 112 cm³/mol. The summed E-state index contributed by atoms with van der Waals surface area (Å²) in [6.07, 6.45) is 1.09. The Morgan fingerprint density at radius 3 is 2.41 bits per heavy atom. The molecule has 1 unspecified atom stereocenters. The molecule has 1 aromatic carbocycles.